The molecular weight excluding hydrogens is 661 g/mol. The summed E-state index contributed by atoms with van der Waals surface area (Å²) in [6.07, 6.45) is 1.82. The number of hydrogen-bond donors (Lipinski definition) is 0. The first-order chi connectivity index (χ1) is 19.8. The summed E-state index contributed by atoms with van der Waals surface area (Å²) in [5.41, 5.74) is 8.14. The Hall–Kier alpha value is -4.01. The molecule has 0 N–H and O–H groups in total. The second-order valence-electron chi connectivity index (χ2n) is 9.50. The van der Waals surface area contributed by atoms with E-state index in [1.165, 1.54) is 0 Å². The van der Waals surface area contributed by atoms with Gasteiger partial charge in [-0.2, -0.15) is 0 Å². The first kappa shape index (κ1) is 21.9. The van der Waals surface area contributed by atoms with E-state index < -0.39 is 12.9 Å². The van der Waals surface area contributed by atoms with Gasteiger partial charge in [-0.25, -0.2) is 0 Å². The maximum atomic E-state index is 7.82. The number of pyridine rings is 1. The fourth-order valence-corrected chi connectivity index (χ4v) is 5.08. The molecule has 0 saturated heterocycles. The number of para-hydroxylation sites is 1. The molecule has 0 bridgehead atoms. The summed E-state index contributed by atoms with van der Waals surface area (Å²) in [6, 6.07) is 36.8. The molecule has 0 fully saturated rings. The zero-order valence-electron chi connectivity index (χ0n) is 24.1. The van der Waals surface area contributed by atoms with Crippen LogP contribution in [0.25, 0.3) is 49.9 Å². The van der Waals surface area contributed by atoms with E-state index in [-0.39, 0.29) is 27.7 Å². The average molecular weight is 690 g/mol. The van der Waals surface area contributed by atoms with E-state index in [1.54, 1.807) is 0 Å². The second-order valence-corrected chi connectivity index (χ2v) is 9.50. The van der Waals surface area contributed by atoms with E-state index in [0.29, 0.717) is 11.5 Å². The van der Waals surface area contributed by atoms with Gasteiger partial charge in [-0.1, -0.05) is 76.7 Å². The van der Waals surface area contributed by atoms with Crippen LogP contribution in [0, 0.1) is 19.1 Å². The number of ether oxygens (including phenoxy) is 1. The van der Waals surface area contributed by atoms with E-state index in [4.69, 9.17) is 8.85 Å². The molecule has 2 aromatic heterocycles. The molecule has 1 atom stereocenters. The van der Waals surface area contributed by atoms with E-state index in [9.17, 15) is 0 Å². The van der Waals surface area contributed by atoms with Crippen molar-refractivity contribution < 1.29 is 29.9 Å². The summed E-state index contributed by atoms with van der Waals surface area (Å²) in [5.74, 6) is 0.291. The SMILES string of the molecule is [2H]C([2H])([2H])[C@@H]1COC(c2[c-]c(-n3c4[c-]c(-c5cc(C)ccn5)ccc4c4ccccc43)cc(-c3ccccc3)c2)=N1.[Pt+2]. The Morgan fingerprint density at radius 1 is 0.872 bits per heavy atom. The van der Waals surface area contributed by atoms with Gasteiger partial charge in [0.1, 0.15) is 5.90 Å². The number of fused-ring (bicyclic) bond motifs is 3. The maximum absolute atomic E-state index is 7.82. The van der Waals surface area contributed by atoms with Gasteiger partial charge in [-0.15, -0.1) is 42.0 Å². The monoisotopic (exact) mass is 689 g/mol. The molecular formula is C34H25N3OPt. The minimum absolute atomic E-state index is 0. The fraction of sp³-hybridized carbons (Fsp3) is 0.118. The van der Waals surface area contributed by atoms with Crippen LogP contribution >= 0.6 is 0 Å². The third kappa shape index (κ3) is 4.60. The molecule has 0 radical (unpaired) electrons. The van der Waals surface area contributed by atoms with Gasteiger partial charge in [0.25, 0.3) is 0 Å². The van der Waals surface area contributed by atoms with E-state index in [0.717, 1.165) is 55.4 Å². The number of rotatable bonds is 4. The molecule has 1 aliphatic rings. The molecule has 192 valence electrons. The van der Waals surface area contributed by atoms with Crippen LogP contribution in [0.1, 0.15) is 22.1 Å². The number of hydrogen-bond acceptors (Lipinski definition) is 3. The van der Waals surface area contributed by atoms with E-state index >= 15 is 0 Å². The molecule has 0 saturated carbocycles. The van der Waals surface area contributed by atoms with Crippen molar-refractivity contribution in [1.29, 1.82) is 0 Å². The van der Waals surface area contributed by atoms with Crippen molar-refractivity contribution in [2.45, 2.75) is 19.8 Å². The molecule has 5 heteroatoms. The van der Waals surface area contributed by atoms with Gasteiger partial charge in [0, 0.05) is 15.8 Å². The minimum atomic E-state index is -2.23. The first-order valence-electron chi connectivity index (χ1n) is 14.1. The zero-order valence-corrected chi connectivity index (χ0v) is 23.4. The summed E-state index contributed by atoms with van der Waals surface area (Å²) in [7, 11) is 0. The molecule has 4 nitrogen and oxygen atoms in total. The maximum Gasteiger partial charge on any atom is 2.00 e. The van der Waals surface area contributed by atoms with Crippen LogP contribution in [0.3, 0.4) is 0 Å². The zero-order chi connectivity index (χ0) is 28.1. The summed E-state index contributed by atoms with van der Waals surface area (Å²) in [6.45, 7) is -0.166. The van der Waals surface area contributed by atoms with Gasteiger partial charge in [-0.05, 0) is 53.8 Å². The summed E-state index contributed by atoms with van der Waals surface area (Å²) in [5, 5.41) is 2.16. The predicted molar refractivity (Wildman–Crippen MR) is 154 cm³/mol. The Labute approximate surface area is 246 Å². The van der Waals surface area contributed by atoms with Crippen LogP contribution < -0.4 is 0 Å². The molecule has 0 spiro atoms. The number of nitrogens with zero attached hydrogens (tertiary/aromatic N) is 3. The summed E-state index contributed by atoms with van der Waals surface area (Å²) in [4.78, 5) is 9.04. The standard InChI is InChI=1S/C34H25N3O.Pt/c1-22-14-15-35-31(16-22)25-12-13-30-29-10-6-7-11-32(29)37(33(30)20-25)28-18-26(24-8-4-3-5-9-24)17-27(19-28)34-36-23(2)21-38-34;/h3-18,23H,21H2,1-2H3;/q-2;+2/t23-;/m1./s1/i2D3;. The molecule has 0 unspecified atom stereocenters. The Kier molecular flexibility index (Phi) is 5.76. The normalized spacial score (nSPS) is 16.2. The van der Waals surface area contributed by atoms with Gasteiger partial charge in [0.2, 0.25) is 0 Å². The van der Waals surface area contributed by atoms with E-state index in [2.05, 4.69) is 70.0 Å². The molecule has 7 rings (SSSR count). The molecule has 3 heterocycles. The minimum Gasteiger partial charge on any atom is -0.518 e. The number of aromatic nitrogens is 2. The predicted octanol–water partition coefficient (Wildman–Crippen LogP) is 7.58. The van der Waals surface area contributed by atoms with Crippen molar-refractivity contribution in [2.75, 3.05) is 6.61 Å². The van der Waals surface area contributed by atoms with Crippen molar-refractivity contribution in [3.63, 3.8) is 0 Å². The largest absolute Gasteiger partial charge is 2.00 e. The van der Waals surface area contributed by atoms with Crippen LogP contribution in [-0.4, -0.2) is 28.1 Å². The average Bonchev–Trinajstić information content (AvgIpc) is 3.61. The quantitative estimate of drug-likeness (QED) is 0.179. The molecule has 1 aliphatic heterocycles. The van der Waals surface area contributed by atoms with Gasteiger partial charge in [0.05, 0.1) is 12.6 Å². The summed E-state index contributed by atoms with van der Waals surface area (Å²) < 4.78 is 31.5. The molecule has 39 heavy (non-hydrogen) atoms. The van der Waals surface area contributed by atoms with Crippen molar-refractivity contribution in [1.82, 2.24) is 9.55 Å². The van der Waals surface area contributed by atoms with E-state index in [1.807, 2.05) is 60.8 Å². The molecule has 6 aromatic rings. The van der Waals surface area contributed by atoms with Crippen LogP contribution in [0.2, 0.25) is 0 Å². The topological polar surface area (TPSA) is 39.4 Å². The summed E-state index contributed by atoms with van der Waals surface area (Å²) >= 11 is 0. The first-order valence-corrected chi connectivity index (χ1v) is 12.6. The van der Waals surface area contributed by atoms with Crippen molar-refractivity contribution in [2.24, 2.45) is 4.99 Å². The fourth-order valence-electron chi connectivity index (χ4n) is 5.08. The molecule has 0 amide bonds. The third-order valence-electron chi connectivity index (χ3n) is 6.86. The smallest absolute Gasteiger partial charge is 0.518 e. The number of benzene rings is 4. The van der Waals surface area contributed by atoms with Crippen molar-refractivity contribution in [3.8, 4) is 28.1 Å². The Balaban J connectivity index is 0.00000316. The van der Waals surface area contributed by atoms with Gasteiger partial charge in [-0.3, -0.25) is 4.99 Å². The molecule has 4 aromatic carbocycles. The van der Waals surface area contributed by atoms with Crippen LogP contribution in [0.4, 0.5) is 0 Å². The Morgan fingerprint density at radius 2 is 1.72 bits per heavy atom. The second kappa shape index (κ2) is 10.3. The van der Waals surface area contributed by atoms with Crippen LogP contribution in [-0.2, 0) is 25.8 Å². The van der Waals surface area contributed by atoms with Gasteiger partial charge in [0.15, 0.2) is 0 Å². The van der Waals surface area contributed by atoms with Gasteiger partial charge >= 0.3 is 21.1 Å². The van der Waals surface area contributed by atoms with Crippen molar-refractivity contribution in [3.05, 3.63) is 120 Å². The third-order valence-corrected chi connectivity index (χ3v) is 6.86. The van der Waals surface area contributed by atoms with Gasteiger partial charge < -0.3 is 14.3 Å². The Morgan fingerprint density at radius 3 is 2.54 bits per heavy atom. The Bertz CT molecular complexity index is 1960. The number of aryl methyl sites for hydroxylation is 1. The number of aliphatic imine (C=N–C) groups is 1. The van der Waals surface area contributed by atoms with Crippen LogP contribution in [0.5, 0.6) is 0 Å². The van der Waals surface area contributed by atoms with Crippen molar-refractivity contribution >= 4 is 27.7 Å². The molecule has 0 aliphatic carbocycles. The van der Waals surface area contributed by atoms with Crippen LogP contribution in [0.15, 0.2) is 102 Å².